The molecule has 0 spiro atoms. The Balaban J connectivity index is 1.57. The van der Waals surface area contributed by atoms with E-state index in [-0.39, 0.29) is 0 Å². The van der Waals surface area contributed by atoms with Gasteiger partial charge in [0.25, 0.3) is 0 Å². The molecule has 0 aliphatic heterocycles. The third-order valence-corrected chi connectivity index (χ3v) is 5.70. The SMILES string of the molecule is Cc1ccc(Cn2cccc2C[NH+](Cc2ccccc2)Cc2ccccc2C#N)cc1. The minimum Gasteiger partial charge on any atom is -0.342 e. The Kier molecular flexibility index (Phi) is 6.62. The molecule has 1 aromatic heterocycles. The molecule has 4 rings (SSSR count). The molecule has 1 atom stereocenters. The van der Waals surface area contributed by atoms with E-state index in [0.29, 0.717) is 0 Å². The minimum atomic E-state index is 0.767. The van der Waals surface area contributed by atoms with Gasteiger partial charge in [-0.2, -0.15) is 5.26 Å². The fourth-order valence-corrected chi connectivity index (χ4v) is 4.04. The molecule has 4 aromatic rings. The summed E-state index contributed by atoms with van der Waals surface area (Å²) in [5.74, 6) is 0. The number of aryl methyl sites for hydroxylation is 1. The van der Waals surface area contributed by atoms with Crippen molar-refractivity contribution in [3.8, 4) is 6.07 Å². The van der Waals surface area contributed by atoms with Crippen LogP contribution in [0.2, 0.25) is 0 Å². The molecule has 1 unspecified atom stereocenters. The second kappa shape index (κ2) is 9.93. The zero-order valence-corrected chi connectivity index (χ0v) is 18.0. The van der Waals surface area contributed by atoms with Crippen molar-refractivity contribution < 1.29 is 4.90 Å². The molecular formula is C28H28N3+. The number of hydrogen-bond acceptors (Lipinski definition) is 1. The highest BCUT2D eigenvalue weighted by molar-refractivity contribution is 5.36. The smallest absolute Gasteiger partial charge is 0.119 e. The number of hydrogen-bond donors (Lipinski definition) is 1. The van der Waals surface area contributed by atoms with E-state index >= 15 is 0 Å². The highest BCUT2D eigenvalue weighted by Crippen LogP contribution is 2.10. The van der Waals surface area contributed by atoms with Crippen molar-refractivity contribution in [2.24, 2.45) is 0 Å². The summed E-state index contributed by atoms with van der Waals surface area (Å²) in [5, 5.41) is 9.54. The lowest BCUT2D eigenvalue weighted by Crippen LogP contribution is -3.08. The quantitative estimate of drug-likeness (QED) is 0.459. The summed E-state index contributed by atoms with van der Waals surface area (Å²) in [4.78, 5) is 1.41. The molecule has 1 heterocycles. The molecule has 0 fully saturated rings. The van der Waals surface area contributed by atoms with Crippen molar-refractivity contribution in [2.75, 3.05) is 0 Å². The van der Waals surface area contributed by atoms with E-state index in [2.05, 4.69) is 96.6 Å². The molecule has 3 aromatic carbocycles. The van der Waals surface area contributed by atoms with Crippen LogP contribution in [-0.4, -0.2) is 4.57 Å². The molecule has 31 heavy (non-hydrogen) atoms. The summed E-state index contributed by atoms with van der Waals surface area (Å²) in [5.41, 5.74) is 7.08. The lowest BCUT2D eigenvalue weighted by Gasteiger charge is -2.21. The van der Waals surface area contributed by atoms with Crippen molar-refractivity contribution >= 4 is 0 Å². The van der Waals surface area contributed by atoms with Gasteiger partial charge in [0.15, 0.2) is 0 Å². The third kappa shape index (κ3) is 5.51. The normalized spacial score (nSPS) is 11.7. The van der Waals surface area contributed by atoms with Crippen LogP contribution in [0, 0.1) is 18.3 Å². The van der Waals surface area contributed by atoms with Crippen LogP contribution < -0.4 is 4.90 Å². The third-order valence-electron chi connectivity index (χ3n) is 5.70. The van der Waals surface area contributed by atoms with Crippen LogP contribution in [0.3, 0.4) is 0 Å². The molecule has 0 saturated carbocycles. The maximum absolute atomic E-state index is 9.54. The van der Waals surface area contributed by atoms with E-state index in [9.17, 15) is 5.26 Å². The van der Waals surface area contributed by atoms with Crippen molar-refractivity contribution in [3.63, 3.8) is 0 Å². The number of rotatable bonds is 8. The summed E-state index contributed by atoms with van der Waals surface area (Å²) >= 11 is 0. The van der Waals surface area contributed by atoms with E-state index in [4.69, 9.17) is 0 Å². The molecular weight excluding hydrogens is 378 g/mol. The molecule has 0 aliphatic carbocycles. The van der Waals surface area contributed by atoms with Crippen LogP contribution in [0.1, 0.15) is 33.5 Å². The van der Waals surface area contributed by atoms with Crippen LogP contribution in [0.5, 0.6) is 0 Å². The first-order valence-electron chi connectivity index (χ1n) is 10.8. The molecule has 3 heteroatoms. The van der Waals surface area contributed by atoms with Gasteiger partial charge in [-0.15, -0.1) is 0 Å². The monoisotopic (exact) mass is 406 g/mol. The minimum absolute atomic E-state index is 0.767. The van der Waals surface area contributed by atoms with Crippen molar-refractivity contribution in [3.05, 3.63) is 131 Å². The first kappa shape index (κ1) is 20.7. The van der Waals surface area contributed by atoms with E-state index in [1.807, 2.05) is 18.2 Å². The topological polar surface area (TPSA) is 33.2 Å². The van der Waals surface area contributed by atoms with Gasteiger partial charge in [-0.25, -0.2) is 0 Å². The number of quaternary nitrogens is 1. The van der Waals surface area contributed by atoms with Crippen LogP contribution in [-0.2, 0) is 26.2 Å². The number of nitriles is 1. The standard InChI is InChI=1S/C28H27N3/c1-23-13-15-25(16-14-23)20-31-17-7-12-28(31)22-30(19-24-8-3-2-4-9-24)21-27-11-6-5-10-26(27)18-29/h2-17H,19-22H2,1H3/p+1. The molecule has 154 valence electrons. The average Bonchev–Trinajstić information content (AvgIpc) is 3.23. The Bertz CT molecular complexity index is 1150. The molecule has 1 N–H and O–H groups in total. The molecule has 3 nitrogen and oxygen atoms in total. The lowest BCUT2D eigenvalue weighted by atomic mass is 10.1. The molecule has 0 saturated heterocycles. The van der Waals surface area contributed by atoms with E-state index in [0.717, 1.165) is 37.3 Å². The highest BCUT2D eigenvalue weighted by atomic mass is 15.1. The van der Waals surface area contributed by atoms with Crippen LogP contribution in [0.25, 0.3) is 0 Å². The van der Waals surface area contributed by atoms with E-state index in [1.165, 1.54) is 27.3 Å². The van der Waals surface area contributed by atoms with Gasteiger partial charge < -0.3 is 9.47 Å². The zero-order chi connectivity index (χ0) is 21.5. The fraction of sp³-hybridized carbons (Fsp3) is 0.179. The fourth-order valence-electron chi connectivity index (χ4n) is 4.04. The van der Waals surface area contributed by atoms with Gasteiger partial charge in [0.1, 0.15) is 19.6 Å². The number of aromatic nitrogens is 1. The van der Waals surface area contributed by atoms with Crippen LogP contribution >= 0.6 is 0 Å². The first-order chi connectivity index (χ1) is 15.2. The van der Waals surface area contributed by atoms with Crippen molar-refractivity contribution in [1.29, 1.82) is 5.26 Å². The van der Waals surface area contributed by atoms with Gasteiger partial charge >= 0.3 is 0 Å². The van der Waals surface area contributed by atoms with Gasteiger partial charge in [0.05, 0.1) is 17.3 Å². The lowest BCUT2D eigenvalue weighted by molar-refractivity contribution is -0.941. The first-order valence-corrected chi connectivity index (χ1v) is 10.8. The van der Waals surface area contributed by atoms with Gasteiger partial charge in [0, 0.05) is 23.9 Å². The summed E-state index contributed by atoms with van der Waals surface area (Å²) in [6, 6.07) is 34.0. The summed E-state index contributed by atoms with van der Waals surface area (Å²) < 4.78 is 2.34. The maximum atomic E-state index is 9.54. The molecule has 0 aliphatic rings. The molecule has 0 radical (unpaired) electrons. The second-order valence-electron chi connectivity index (χ2n) is 8.15. The van der Waals surface area contributed by atoms with Gasteiger partial charge in [0.2, 0.25) is 0 Å². The highest BCUT2D eigenvalue weighted by Gasteiger charge is 2.16. The van der Waals surface area contributed by atoms with Gasteiger partial charge in [-0.1, -0.05) is 78.4 Å². The van der Waals surface area contributed by atoms with E-state index < -0.39 is 0 Å². The van der Waals surface area contributed by atoms with Gasteiger partial charge in [-0.05, 0) is 30.7 Å². The maximum Gasteiger partial charge on any atom is 0.119 e. The summed E-state index contributed by atoms with van der Waals surface area (Å²) in [6.45, 7) is 5.61. The number of nitrogens with one attached hydrogen (secondary N) is 1. The van der Waals surface area contributed by atoms with Crippen molar-refractivity contribution in [2.45, 2.75) is 33.1 Å². The summed E-state index contributed by atoms with van der Waals surface area (Å²) in [7, 11) is 0. The van der Waals surface area contributed by atoms with Crippen LogP contribution in [0.4, 0.5) is 0 Å². The van der Waals surface area contributed by atoms with Gasteiger partial charge in [-0.3, -0.25) is 0 Å². The Morgan fingerprint density at radius 2 is 1.48 bits per heavy atom. The van der Waals surface area contributed by atoms with Crippen molar-refractivity contribution in [1.82, 2.24) is 4.57 Å². The largest absolute Gasteiger partial charge is 0.342 e. The van der Waals surface area contributed by atoms with Crippen LogP contribution in [0.15, 0.2) is 97.2 Å². The number of nitrogens with zero attached hydrogens (tertiary/aromatic N) is 2. The Morgan fingerprint density at radius 3 is 2.26 bits per heavy atom. The van der Waals surface area contributed by atoms with E-state index in [1.54, 1.807) is 0 Å². The molecule has 0 bridgehead atoms. The Morgan fingerprint density at radius 1 is 0.742 bits per heavy atom. The zero-order valence-electron chi connectivity index (χ0n) is 18.0. The Hall–Kier alpha value is -3.61. The summed E-state index contributed by atoms with van der Waals surface area (Å²) in [6.07, 6.45) is 2.17. The predicted octanol–water partition coefficient (Wildman–Crippen LogP) is 4.50. The second-order valence-corrected chi connectivity index (χ2v) is 8.15. The predicted molar refractivity (Wildman–Crippen MR) is 124 cm³/mol. The average molecular weight is 407 g/mol. The Labute approximate surface area is 184 Å². The number of benzene rings is 3. The molecule has 0 amide bonds.